The number of hydrazine groups is 1. The fraction of sp³-hybridized carbons (Fsp3) is 0.714. The average Bonchev–Trinajstić information content (AvgIpc) is 2.45. The molecule has 1 aromatic rings. The molecule has 2 unspecified atom stereocenters. The summed E-state index contributed by atoms with van der Waals surface area (Å²) in [5, 5.41) is 10.7. The van der Waals surface area contributed by atoms with Gasteiger partial charge < -0.3 is 10.0 Å². The molecule has 2 heterocycles. The van der Waals surface area contributed by atoms with Gasteiger partial charge in [0.2, 0.25) is 5.95 Å². The van der Waals surface area contributed by atoms with Crippen LogP contribution in [0, 0.1) is 12.8 Å². The summed E-state index contributed by atoms with van der Waals surface area (Å²) in [6, 6.07) is 1.98. The molecule has 2 aliphatic rings. The van der Waals surface area contributed by atoms with E-state index in [9.17, 15) is 5.11 Å². The van der Waals surface area contributed by atoms with Crippen LogP contribution in [0.1, 0.15) is 37.8 Å². The molecule has 110 valence electrons. The number of aromatic nitrogens is 2. The zero-order valence-electron chi connectivity index (χ0n) is 12.0. The van der Waals surface area contributed by atoms with Gasteiger partial charge in [-0.15, -0.1) is 0 Å². The van der Waals surface area contributed by atoms with Crippen LogP contribution < -0.4 is 16.2 Å². The molecule has 2 fully saturated rings. The molecule has 2 atom stereocenters. The number of fused-ring (bicyclic) bond motifs is 1. The third kappa shape index (κ3) is 2.45. The summed E-state index contributed by atoms with van der Waals surface area (Å²) in [5.41, 5.74) is 2.96. The molecule has 6 heteroatoms. The van der Waals surface area contributed by atoms with Crippen molar-refractivity contribution in [2.75, 3.05) is 23.4 Å². The largest absolute Gasteiger partial charge is 0.389 e. The lowest BCUT2D eigenvalue weighted by molar-refractivity contribution is -0.0613. The maximum absolute atomic E-state index is 10.7. The van der Waals surface area contributed by atoms with Crippen LogP contribution in [-0.4, -0.2) is 33.8 Å². The second kappa shape index (κ2) is 5.18. The van der Waals surface area contributed by atoms with Crippen molar-refractivity contribution < 1.29 is 5.11 Å². The SMILES string of the molecule is Cc1cc(N2CCC3(O)CCCCC3C2)nc(NN)n1. The predicted molar refractivity (Wildman–Crippen MR) is 78.3 cm³/mol. The Bertz CT molecular complexity index is 494. The second-order valence-corrected chi connectivity index (χ2v) is 6.08. The lowest BCUT2D eigenvalue weighted by Crippen LogP contribution is -2.53. The van der Waals surface area contributed by atoms with Crippen LogP contribution in [0.3, 0.4) is 0 Å². The number of anilines is 2. The van der Waals surface area contributed by atoms with E-state index in [1.165, 1.54) is 6.42 Å². The van der Waals surface area contributed by atoms with Gasteiger partial charge in [-0.3, -0.25) is 5.43 Å². The molecular formula is C14H23N5O. The van der Waals surface area contributed by atoms with E-state index >= 15 is 0 Å². The predicted octanol–water partition coefficient (Wildman–Crippen LogP) is 1.20. The molecule has 0 amide bonds. The highest BCUT2D eigenvalue weighted by molar-refractivity contribution is 5.45. The van der Waals surface area contributed by atoms with E-state index in [-0.39, 0.29) is 0 Å². The van der Waals surface area contributed by atoms with Gasteiger partial charge in [-0.2, -0.15) is 4.98 Å². The third-order valence-corrected chi connectivity index (χ3v) is 4.72. The highest BCUT2D eigenvalue weighted by atomic mass is 16.3. The summed E-state index contributed by atoms with van der Waals surface area (Å²) < 4.78 is 0. The van der Waals surface area contributed by atoms with E-state index in [2.05, 4.69) is 20.3 Å². The number of nitrogens with two attached hydrogens (primary N) is 1. The van der Waals surface area contributed by atoms with E-state index in [0.717, 1.165) is 50.3 Å². The first-order valence-electron chi connectivity index (χ1n) is 7.40. The monoisotopic (exact) mass is 277 g/mol. The molecule has 20 heavy (non-hydrogen) atoms. The van der Waals surface area contributed by atoms with Crippen molar-refractivity contribution in [3.63, 3.8) is 0 Å². The fourth-order valence-electron chi connectivity index (χ4n) is 3.56. The molecule has 1 aliphatic carbocycles. The lowest BCUT2D eigenvalue weighted by atomic mass is 9.71. The Hall–Kier alpha value is -1.40. The van der Waals surface area contributed by atoms with Gasteiger partial charge in [0.05, 0.1) is 5.60 Å². The van der Waals surface area contributed by atoms with Gasteiger partial charge >= 0.3 is 0 Å². The van der Waals surface area contributed by atoms with Gasteiger partial charge in [-0.25, -0.2) is 10.8 Å². The van der Waals surface area contributed by atoms with Gasteiger partial charge in [0.15, 0.2) is 0 Å². The van der Waals surface area contributed by atoms with Gasteiger partial charge in [0, 0.05) is 30.8 Å². The molecule has 0 radical (unpaired) electrons. The molecule has 0 aromatic carbocycles. The van der Waals surface area contributed by atoms with Crippen molar-refractivity contribution in [2.45, 2.75) is 44.6 Å². The summed E-state index contributed by atoms with van der Waals surface area (Å²) in [4.78, 5) is 10.9. The maximum Gasteiger partial charge on any atom is 0.239 e. The number of nitrogen functional groups attached to an aromatic ring is 1. The molecule has 1 saturated heterocycles. The molecule has 3 rings (SSSR count). The smallest absolute Gasteiger partial charge is 0.239 e. The van der Waals surface area contributed by atoms with Gasteiger partial charge in [0.1, 0.15) is 5.82 Å². The number of piperidine rings is 1. The lowest BCUT2D eigenvalue weighted by Gasteiger charge is -2.47. The molecule has 6 nitrogen and oxygen atoms in total. The third-order valence-electron chi connectivity index (χ3n) is 4.72. The summed E-state index contributed by atoms with van der Waals surface area (Å²) in [6.45, 7) is 3.65. The normalized spacial score (nSPS) is 29.9. The second-order valence-electron chi connectivity index (χ2n) is 6.08. The molecule has 1 saturated carbocycles. The highest BCUT2D eigenvalue weighted by Gasteiger charge is 2.43. The number of hydrogen-bond donors (Lipinski definition) is 3. The Kier molecular flexibility index (Phi) is 3.52. The number of aryl methyl sites for hydroxylation is 1. The van der Waals surface area contributed by atoms with Crippen LogP contribution in [0.25, 0.3) is 0 Å². The van der Waals surface area contributed by atoms with E-state index in [1.807, 2.05) is 13.0 Å². The van der Waals surface area contributed by atoms with Crippen molar-refractivity contribution in [1.82, 2.24) is 9.97 Å². The minimum Gasteiger partial charge on any atom is -0.389 e. The standard InChI is InChI=1S/C14H23N5O/c1-10-8-12(17-13(16-10)18-15)19-7-6-14(20)5-3-2-4-11(14)9-19/h8,11,20H,2-7,9,15H2,1H3,(H,16,17,18). The Morgan fingerprint density at radius 1 is 1.40 bits per heavy atom. The first-order chi connectivity index (χ1) is 9.60. The molecule has 4 N–H and O–H groups in total. The number of nitrogens with one attached hydrogen (secondary N) is 1. The Morgan fingerprint density at radius 3 is 3.05 bits per heavy atom. The van der Waals surface area contributed by atoms with Crippen LogP contribution in [0.5, 0.6) is 0 Å². The summed E-state index contributed by atoms with van der Waals surface area (Å²) in [5.74, 6) is 7.12. The zero-order valence-corrected chi connectivity index (χ0v) is 12.0. The molecule has 0 spiro atoms. The van der Waals surface area contributed by atoms with Crippen LogP contribution >= 0.6 is 0 Å². The van der Waals surface area contributed by atoms with Crippen molar-refractivity contribution in [1.29, 1.82) is 0 Å². The van der Waals surface area contributed by atoms with E-state index in [4.69, 9.17) is 5.84 Å². The number of hydrogen-bond acceptors (Lipinski definition) is 6. The summed E-state index contributed by atoms with van der Waals surface area (Å²) in [7, 11) is 0. The van der Waals surface area contributed by atoms with E-state index in [0.29, 0.717) is 11.9 Å². The van der Waals surface area contributed by atoms with Crippen molar-refractivity contribution in [3.8, 4) is 0 Å². The van der Waals surface area contributed by atoms with Crippen molar-refractivity contribution in [3.05, 3.63) is 11.8 Å². The minimum absolute atomic E-state index is 0.356. The minimum atomic E-state index is -0.453. The van der Waals surface area contributed by atoms with Crippen LogP contribution in [0.15, 0.2) is 6.07 Å². The van der Waals surface area contributed by atoms with Crippen LogP contribution in [0.2, 0.25) is 0 Å². The molecule has 0 bridgehead atoms. The highest BCUT2D eigenvalue weighted by Crippen LogP contribution is 2.40. The number of aliphatic hydroxyl groups is 1. The number of nitrogens with zero attached hydrogens (tertiary/aromatic N) is 3. The zero-order chi connectivity index (χ0) is 14.2. The summed E-state index contributed by atoms with van der Waals surface area (Å²) in [6.07, 6.45) is 5.26. The van der Waals surface area contributed by atoms with Crippen molar-refractivity contribution in [2.24, 2.45) is 11.8 Å². The quantitative estimate of drug-likeness (QED) is 0.556. The Morgan fingerprint density at radius 2 is 2.25 bits per heavy atom. The van der Waals surface area contributed by atoms with Crippen LogP contribution in [0.4, 0.5) is 11.8 Å². The Balaban J connectivity index is 1.80. The maximum atomic E-state index is 10.7. The number of rotatable bonds is 2. The average molecular weight is 277 g/mol. The van der Waals surface area contributed by atoms with E-state index in [1.54, 1.807) is 0 Å². The molecule has 1 aromatic heterocycles. The topological polar surface area (TPSA) is 87.3 Å². The first kappa shape index (κ1) is 13.6. The van der Waals surface area contributed by atoms with Crippen molar-refractivity contribution >= 4 is 11.8 Å². The van der Waals surface area contributed by atoms with Gasteiger partial charge in [-0.1, -0.05) is 12.8 Å². The molecular weight excluding hydrogens is 254 g/mol. The van der Waals surface area contributed by atoms with Gasteiger partial charge in [0.25, 0.3) is 0 Å². The molecule has 1 aliphatic heterocycles. The van der Waals surface area contributed by atoms with E-state index < -0.39 is 5.60 Å². The Labute approximate surface area is 119 Å². The fourth-order valence-corrected chi connectivity index (χ4v) is 3.56. The first-order valence-corrected chi connectivity index (χ1v) is 7.40. The summed E-state index contributed by atoms with van der Waals surface area (Å²) >= 11 is 0. The van der Waals surface area contributed by atoms with Gasteiger partial charge in [-0.05, 0) is 26.2 Å². The van der Waals surface area contributed by atoms with Crippen LogP contribution in [-0.2, 0) is 0 Å².